The van der Waals surface area contributed by atoms with E-state index in [1.807, 2.05) is 0 Å². The highest BCUT2D eigenvalue weighted by atomic mass is 16.5. The number of aliphatic hydroxyl groups excluding tert-OH is 1. The molecule has 13 nitrogen and oxygen atoms in total. The molecule has 1 aromatic carbocycles. The first kappa shape index (κ1) is 26.2. The standard InChI is InChI=1S/C21H21B3N8O5/c1-36-16-10(20-28-17(32-37-20)11(25)8-33)3-2-4-12(16)26-13-7-14(27-18(34)9-5-6-9)30-31-15(13)19(35)29-21(22,23)24/h2-4,7,9,11,33H,5-6,8,25H2,1H3,(H,29,35)(H2,26,27,30,34)/t11-/m1/s1. The quantitative estimate of drug-likeness (QED) is 0.226. The number of anilines is 3. The van der Waals surface area contributed by atoms with Crippen LogP contribution < -0.4 is 26.4 Å². The molecular formula is C21H21B3N8O5. The molecule has 2 heterocycles. The van der Waals surface area contributed by atoms with Gasteiger partial charge in [0.05, 0.1) is 60.2 Å². The summed E-state index contributed by atoms with van der Waals surface area (Å²) in [4.78, 5) is 29.2. The molecule has 1 fully saturated rings. The summed E-state index contributed by atoms with van der Waals surface area (Å²) in [6.07, 6.45) is 1.59. The number of nitrogens with two attached hydrogens (primary N) is 1. The number of nitrogens with one attached hydrogen (secondary N) is 3. The van der Waals surface area contributed by atoms with Crippen LogP contribution in [-0.2, 0) is 4.79 Å². The van der Waals surface area contributed by atoms with E-state index in [0.29, 0.717) is 11.3 Å². The molecule has 2 amide bonds. The summed E-state index contributed by atoms with van der Waals surface area (Å²) in [6, 6.07) is 5.59. The molecule has 6 N–H and O–H groups in total. The van der Waals surface area contributed by atoms with Crippen molar-refractivity contribution in [3.63, 3.8) is 0 Å². The molecule has 0 saturated heterocycles. The molecule has 0 spiro atoms. The van der Waals surface area contributed by atoms with E-state index < -0.39 is 17.2 Å². The van der Waals surface area contributed by atoms with Crippen molar-refractivity contribution in [2.45, 2.75) is 24.1 Å². The molecule has 0 bridgehead atoms. The average molecular weight is 498 g/mol. The molecule has 3 aromatic rings. The van der Waals surface area contributed by atoms with E-state index in [9.17, 15) is 14.7 Å². The van der Waals surface area contributed by atoms with E-state index in [-0.39, 0.29) is 53.1 Å². The maximum atomic E-state index is 12.8. The number of carbonyl (C=O) groups is 2. The van der Waals surface area contributed by atoms with Gasteiger partial charge in [-0.05, 0) is 25.0 Å². The van der Waals surface area contributed by atoms with Crippen molar-refractivity contribution in [3.05, 3.63) is 35.8 Å². The lowest BCUT2D eigenvalue weighted by atomic mass is 9.49. The summed E-state index contributed by atoms with van der Waals surface area (Å²) in [7, 11) is 17.9. The maximum absolute atomic E-state index is 12.8. The fraction of sp³-hybridized carbons (Fsp3) is 0.333. The van der Waals surface area contributed by atoms with Gasteiger partial charge in [0.15, 0.2) is 23.1 Å². The molecule has 2 aromatic heterocycles. The summed E-state index contributed by atoms with van der Waals surface area (Å²) in [5, 5.41) is 26.8. The number of aliphatic hydroxyl groups is 1. The molecule has 0 unspecified atom stereocenters. The van der Waals surface area contributed by atoms with Crippen molar-refractivity contribution in [3.8, 4) is 17.2 Å². The van der Waals surface area contributed by atoms with Crippen LogP contribution >= 0.6 is 0 Å². The molecule has 37 heavy (non-hydrogen) atoms. The molecule has 1 saturated carbocycles. The van der Waals surface area contributed by atoms with Gasteiger partial charge >= 0.3 is 0 Å². The highest BCUT2D eigenvalue weighted by molar-refractivity contribution is 6.60. The van der Waals surface area contributed by atoms with Crippen LogP contribution in [0.4, 0.5) is 17.2 Å². The number of carbonyl (C=O) groups excluding carboxylic acids is 2. The van der Waals surface area contributed by atoms with E-state index in [4.69, 9.17) is 38.5 Å². The van der Waals surface area contributed by atoms with Gasteiger partial charge in [-0.15, -0.1) is 10.2 Å². The van der Waals surface area contributed by atoms with Crippen molar-refractivity contribution in [1.29, 1.82) is 0 Å². The van der Waals surface area contributed by atoms with Gasteiger partial charge in [-0.25, -0.2) is 0 Å². The fourth-order valence-electron chi connectivity index (χ4n) is 3.29. The number of aromatic nitrogens is 4. The Balaban J connectivity index is 1.71. The number of amides is 2. The SMILES string of the molecule is [B]C([B])([B])NC(=O)c1nnc(NC(=O)C2CC2)cc1Nc1cccc(-c2nc([C@H](N)CO)no2)c1OC. The van der Waals surface area contributed by atoms with Gasteiger partial charge in [-0.2, -0.15) is 4.98 Å². The van der Waals surface area contributed by atoms with Crippen LogP contribution in [0.3, 0.4) is 0 Å². The number of hydrogen-bond acceptors (Lipinski definition) is 11. The second-order valence-electron chi connectivity index (χ2n) is 8.40. The molecule has 0 aliphatic heterocycles. The Hall–Kier alpha value is -3.91. The van der Waals surface area contributed by atoms with Crippen molar-refractivity contribution < 1.29 is 24.0 Å². The third kappa shape index (κ3) is 6.27. The molecule has 4 rings (SSSR count). The number of hydrogen-bond donors (Lipinski definition) is 5. The van der Waals surface area contributed by atoms with Crippen LogP contribution in [-0.4, -0.2) is 79.8 Å². The molecule has 16 heteroatoms. The number of methoxy groups -OCH3 is 1. The van der Waals surface area contributed by atoms with Gasteiger partial charge in [-0.3, -0.25) is 9.59 Å². The average Bonchev–Trinajstić information content (AvgIpc) is 3.59. The van der Waals surface area contributed by atoms with Crippen molar-refractivity contribution in [2.75, 3.05) is 24.4 Å². The van der Waals surface area contributed by atoms with Crippen LogP contribution in [0.25, 0.3) is 11.5 Å². The van der Waals surface area contributed by atoms with E-state index >= 15 is 0 Å². The number of ether oxygens (including phenoxy) is 1. The predicted molar refractivity (Wildman–Crippen MR) is 134 cm³/mol. The topological polar surface area (TPSA) is 190 Å². The molecule has 184 valence electrons. The minimum absolute atomic E-state index is 0.0801. The number of nitrogens with zero attached hydrogens (tertiary/aromatic N) is 4. The molecule has 1 atom stereocenters. The number of rotatable bonds is 10. The smallest absolute Gasteiger partial charge is 0.272 e. The monoisotopic (exact) mass is 498 g/mol. The highest BCUT2D eigenvalue weighted by Crippen LogP contribution is 2.38. The number of benzene rings is 1. The lowest BCUT2D eigenvalue weighted by molar-refractivity contribution is -0.117. The summed E-state index contributed by atoms with van der Waals surface area (Å²) in [6.45, 7) is -0.368. The fourth-order valence-corrected chi connectivity index (χ4v) is 3.29. The summed E-state index contributed by atoms with van der Waals surface area (Å²) in [5.41, 5.74) is 6.45. The van der Waals surface area contributed by atoms with Crippen molar-refractivity contribution >= 4 is 52.5 Å². The normalized spacial score (nSPS) is 14.0. The largest absolute Gasteiger partial charge is 0.494 e. The Morgan fingerprint density at radius 1 is 1.27 bits per heavy atom. The zero-order chi connectivity index (χ0) is 26.7. The highest BCUT2D eigenvalue weighted by Gasteiger charge is 2.30. The minimum atomic E-state index is -2.02. The third-order valence-electron chi connectivity index (χ3n) is 5.23. The van der Waals surface area contributed by atoms with Crippen molar-refractivity contribution in [2.24, 2.45) is 11.7 Å². The van der Waals surface area contributed by atoms with Gasteiger partial charge in [0.1, 0.15) is 0 Å². The zero-order valence-corrected chi connectivity index (χ0v) is 19.8. The van der Waals surface area contributed by atoms with E-state index in [0.717, 1.165) is 12.8 Å². The first-order valence-corrected chi connectivity index (χ1v) is 11.1. The van der Waals surface area contributed by atoms with Gasteiger partial charge in [-0.1, -0.05) is 16.5 Å². The summed E-state index contributed by atoms with van der Waals surface area (Å²) >= 11 is 0. The lowest BCUT2D eigenvalue weighted by Gasteiger charge is -2.23. The zero-order valence-electron chi connectivity index (χ0n) is 19.8. The van der Waals surface area contributed by atoms with E-state index in [1.165, 1.54) is 13.2 Å². The van der Waals surface area contributed by atoms with Crippen LogP contribution in [0.2, 0.25) is 0 Å². The summed E-state index contributed by atoms with van der Waals surface area (Å²) in [5.74, 6) is -0.518. The van der Waals surface area contributed by atoms with Crippen LogP contribution in [0.5, 0.6) is 5.75 Å². The van der Waals surface area contributed by atoms with Crippen molar-refractivity contribution in [1.82, 2.24) is 25.7 Å². The van der Waals surface area contributed by atoms with Gasteiger partial charge in [0, 0.05) is 12.0 Å². The maximum Gasteiger partial charge on any atom is 0.272 e. The van der Waals surface area contributed by atoms with Gasteiger partial charge < -0.3 is 36.1 Å². The Labute approximate surface area is 215 Å². The second-order valence-corrected chi connectivity index (χ2v) is 8.40. The van der Waals surface area contributed by atoms with Crippen LogP contribution in [0.1, 0.15) is 35.2 Å². The Bertz CT molecular complexity index is 1310. The Morgan fingerprint density at radius 3 is 2.68 bits per heavy atom. The van der Waals surface area contributed by atoms with Crippen LogP contribution in [0, 0.1) is 5.92 Å². The molecule has 6 radical (unpaired) electrons. The summed E-state index contributed by atoms with van der Waals surface area (Å²) < 4.78 is 10.9. The molecule has 1 aliphatic rings. The first-order chi connectivity index (χ1) is 17.6. The Kier molecular flexibility index (Phi) is 7.50. The van der Waals surface area contributed by atoms with E-state index in [1.54, 1.807) is 18.2 Å². The lowest BCUT2D eigenvalue weighted by Crippen LogP contribution is -2.50. The van der Waals surface area contributed by atoms with Gasteiger partial charge in [0.2, 0.25) is 5.91 Å². The van der Waals surface area contributed by atoms with Gasteiger partial charge in [0.25, 0.3) is 11.8 Å². The molecular weight excluding hydrogens is 477 g/mol. The van der Waals surface area contributed by atoms with Crippen LogP contribution in [0.15, 0.2) is 28.8 Å². The first-order valence-electron chi connectivity index (χ1n) is 11.1. The predicted octanol–water partition coefficient (Wildman–Crippen LogP) is -0.534. The molecule has 1 aliphatic carbocycles. The van der Waals surface area contributed by atoms with E-state index in [2.05, 4.69) is 36.3 Å². The third-order valence-corrected chi connectivity index (χ3v) is 5.23. The Morgan fingerprint density at radius 2 is 2.03 bits per heavy atom. The minimum Gasteiger partial charge on any atom is -0.494 e. The number of para-hydroxylation sites is 1. The second kappa shape index (κ2) is 10.6.